The molecule has 2 heteroatoms. The Morgan fingerprint density at radius 1 is 1.75 bits per heavy atom. The fraction of sp³-hybridized carbons (Fsp3) is 1.00. The summed E-state index contributed by atoms with van der Waals surface area (Å²) in [6.07, 6.45) is 0. The van der Waals surface area contributed by atoms with Gasteiger partial charge < -0.3 is 5.11 Å². The first-order chi connectivity index (χ1) is 1.41. The van der Waals surface area contributed by atoms with Gasteiger partial charge in [-0.15, -0.1) is 0 Å². The van der Waals surface area contributed by atoms with E-state index in [9.17, 15) is 0 Å². The van der Waals surface area contributed by atoms with Crippen LogP contribution in [0.3, 0.4) is 0 Å². The van der Waals surface area contributed by atoms with Gasteiger partial charge >= 0.3 is 58.2 Å². The summed E-state index contributed by atoms with van der Waals surface area (Å²) in [6.45, 7) is 1.93. The van der Waals surface area contributed by atoms with E-state index in [2.05, 4.69) is 0 Å². The quantitative estimate of drug-likeness (QED) is 0.465. The summed E-state index contributed by atoms with van der Waals surface area (Å²) in [4.78, 5) is 0. The minimum atomic E-state index is 0. The number of hydrogen-bond donors (Lipinski definition) is 1. The fourth-order valence-corrected chi connectivity index (χ4v) is 0. The Balaban J connectivity index is 0. The van der Waals surface area contributed by atoms with Gasteiger partial charge in [-0.1, -0.05) is 0 Å². The molecule has 0 saturated heterocycles. The van der Waals surface area contributed by atoms with Crippen LogP contribution in [0.4, 0.5) is 0 Å². The normalized spacial score (nSPS) is 4.50. The summed E-state index contributed by atoms with van der Waals surface area (Å²) in [7, 11) is 0. The van der Waals surface area contributed by atoms with Gasteiger partial charge in [-0.25, -0.2) is 0 Å². The van der Waals surface area contributed by atoms with Gasteiger partial charge in [-0.2, -0.15) is 0 Å². The van der Waals surface area contributed by atoms with Gasteiger partial charge in [-0.3, -0.25) is 0 Å². The van der Waals surface area contributed by atoms with Crippen molar-refractivity contribution in [2.45, 2.75) is 6.92 Å². The van der Waals surface area contributed by atoms with Crippen molar-refractivity contribution in [3.63, 3.8) is 0 Å². The topological polar surface area (TPSA) is 20.2 Å². The molecular weight excluding hydrogens is 125 g/mol. The summed E-state index contributed by atoms with van der Waals surface area (Å²) < 4.78 is 0. The summed E-state index contributed by atoms with van der Waals surface area (Å²) in [5.41, 5.74) is 0. The molecular formula is C2H7ORb. The van der Waals surface area contributed by atoms with Crippen LogP contribution in [0.15, 0.2) is 0 Å². The van der Waals surface area contributed by atoms with Crippen molar-refractivity contribution in [3.8, 4) is 0 Å². The third kappa shape index (κ3) is 9.24. The van der Waals surface area contributed by atoms with Crippen LogP contribution < -0.4 is 0 Å². The first-order valence-electron chi connectivity index (χ1n) is 1.02. The van der Waals surface area contributed by atoms with E-state index in [1.54, 1.807) is 6.92 Å². The SMILES string of the molecule is CCO.[RbH]. The van der Waals surface area contributed by atoms with Crippen molar-refractivity contribution >= 4 is 58.2 Å². The molecule has 0 fully saturated rings. The molecule has 1 N–H and O–H groups in total. The van der Waals surface area contributed by atoms with E-state index < -0.39 is 0 Å². The number of rotatable bonds is 0. The summed E-state index contributed by atoms with van der Waals surface area (Å²) in [6, 6.07) is 0. The Hall–Kier alpha value is 1.77. The summed E-state index contributed by atoms with van der Waals surface area (Å²) >= 11 is 0. The molecule has 0 radical (unpaired) electrons. The van der Waals surface area contributed by atoms with Crippen LogP contribution in [-0.2, 0) is 0 Å². The predicted octanol–water partition coefficient (Wildman–Crippen LogP) is -0.650. The van der Waals surface area contributed by atoms with Crippen LogP contribution >= 0.6 is 0 Å². The second-order valence-corrected chi connectivity index (χ2v) is 0.316. The molecule has 0 aliphatic rings. The van der Waals surface area contributed by atoms with Gasteiger partial charge in [0.25, 0.3) is 0 Å². The molecule has 0 unspecified atom stereocenters. The Kier molecular flexibility index (Phi) is 20.4. The molecule has 22 valence electrons. The Labute approximate surface area is 75.2 Å². The summed E-state index contributed by atoms with van der Waals surface area (Å²) in [5.74, 6) is 0. The maximum atomic E-state index is 7.57. The second kappa shape index (κ2) is 8.83. The molecule has 0 aromatic rings. The first kappa shape index (κ1) is 9.23. The summed E-state index contributed by atoms with van der Waals surface area (Å²) in [5, 5.41) is 7.57. The van der Waals surface area contributed by atoms with Gasteiger partial charge in [0.05, 0.1) is 0 Å². The third-order valence-corrected chi connectivity index (χ3v) is 0. The van der Waals surface area contributed by atoms with E-state index in [4.69, 9.17) is 5.11 Å². The van der Waals surface area contributed by atoms with Crippen molar-refractivity contribution in [2.24, 2.45) is 0 Å². The molecule has 0 aliphatic carbocycles. The standard InChI is InChI=1S/C2H6O.Rb.H/c1-2-3;;/h3H,2H2,1H3;;. The van der Waals surface area contributed by atoms with Crippen molar-refractivity contribution < 1.29 is 5.11 Å². The van der Waals surface area contributed by atoms with Crippen LogP contribution in [0.2, 0.25) is 0 Å². The van der Waals surface area contributed by atoms with E-state index in [1.165, 1.54) is 0 Å². The zero-order valence-corrected chi connectivity index (χ0v) is 2.15. The molecule has 1 nitrogen and oxygen atoms in total. The van der Waals surface area contributed by atoms with E-state index >= 15 is 0 Å². The Morgan fingerprint density at radius 2 is 1.75 bits per heavy atom. The van der Waals surface area contributed by atoms with Crippen molar-refractivity contribution in [2.75, 3.05) is 6.61 Å². The molecule has 0 saturated carbocycles. The van der Waals surface area contributed by atoms with Crippen LogP contribution in [0.25, 0.3) is 0 Å². The van der Waals surface area contributed by atoms with Gasteiger partial charge in [-0.05, 0) is 6.92 Å². The Bertz CT molecular complexity index is 6.00. The molecule has 0 rings (SSSR count). The minimum absolute atomic E-state index is 0. The number of aliphatic hydroxyl groups excluding tert-OH is 1. The van der Waals surface area contributed by atoms with E-state index in [-0.39, 0.29) is 64.8 Å². The van der Waals surface area contributed by atoms with Crippen LogP contribution in [-0.4, -0.2) is 69.9 Å². The van der Waals surface area contributed by atoms with Gasteiger partial charge in [0, 0.05) is 6.61 Å². The van der Waals surface area contributed by atoms with Crippen molar-refractivity contribution in [3.05, 3.63) is 0 Å². The molecule has 0 aromatic carbocycles. The molecule has 0 spiro atoms. The average Bonchev–Trinajstić information content (AvgIpc) is 0.918. The van der Waals surface area contributed by atoms with Crippen molar-refractivity contribution in [1.82, 2.24) is 0 Å². The van der Waals surface area contributed by atoms with Gasteiger partial charge in [0.15, 0.2) is 0 Å². The van der Waals surface area contributed by atoms with Gasteiger partial charge in [0.2, 0.25) is 0 Å². The third-order valence-electron chi connectivity index (χ3n) is 0. The van der Waals surface area contributed by atoms with Gasteiger partial charge in [0.1, 0.15) is 0 Å². The molecule has 0 heterocycles. The molecule has 0 atom stereocenters. The average molecular weight is 133 g/mol. The Morgan fingerprint density at radius 3 is 1.75 bits per heavy atom. The molecule has 0 amide bonds. The number of aliphatic hydroxyl groups is 1. The molecule has 4 heavy (non-hydrogen) atoms. The zero-order chi connectivity index (χ0) is 2.71. The van der Waals surface area contributed by atoms with Crippen molar-refractivity contribution in [1.29, 1.82) is 0 Å². The van der Waals surface area contributed by atoms with Crippen LogP contribution in [0.1, 0.15) is 6.92 Å². The molecule has 0 aliphatic heterocycles. The molecule has 0 bridgehead atoms. The molecule has 0 aromatic heterocycles. The van der Waals surface area contributed by atoms with E-state index in [0.29, 0.717) is 0 Å². The zero-order valence-electron chi connectivity index (χ0n) is 2.15. The maximum absolute atomic E-state index is 7.57. The predicted molar refractivity (Wildman–Crippen MR) is 19.9 cm³/mol. The fourth-order valence-electron chi connectivity index (χ4n) is 0. The second-order valence-electron chi connectivity index (χ2n) is 0.316. The van der Waals surface area contributed by atoms with Crippen LogP contribution in [0, 0.1) is 0 Å². The first-order valence-corrected chi connectivity index (χ1v) is 1.02. The van der Waals surface area contributed by atoms with Crippen LogP contribution in [0.5, 0.6) is 0 Å². The monoisotopic (exact) mass is 132 g/mol. The number of hydrogen-bond acceptors (Lipinski definition) is 1. The van der Waals surface area contributed by atoms with E-state index in [0.717, 1.165) is 0 Å². The van der Waals surface area contributed by atoms with E-state index in [1.807, 2.05) is 0 Å².